The molecule has 2 rings (SSSR count). The van der Waals surface area contributed by atoms with E-state index in [0.717, 1.165) is 48.9 Å². The van der Waals surface area contributed by atoms with Gasteiger partial charge in [0.1, 0.15) is 12.1 Å². The van der Waals surface area contributed by atoms with Gasteiger partial charge in [0.15, 0.2) is 0 Å². The van der Waals surface area contributed by atoms with Crippen molar-refractivity contribution in [3.63, 3.8) is 0 Å². The number of hydrogen-bond acceptors (Lipinski definition) is 5. The van der Waals surface area contributed by atoms with Gasteiger partial charge in [-0.25, -0.2) is 15.4 Å². The molecule has 0 saturated carbocycles. The fourth-order valence-corrected chi connectivity index (χ4v) is 2.17. The van der Waals surface area contributed by atoms with Crippen LogP contribution in [0.4, 0.5) is 5.82 Å². The van der Waals surface area contributed by atoms with Crippen molar-refractivity contribution in [1.82, 2.24) is 15.4 Å². The fraction of sp³-hybridized carbons (Fsp3) is 0.400. The number of carbonyl (C=O) groups excluding carboxylic acids is 1. The summed E-state index contributed by atoms with van der Waals surface area (Å²) in [5, 5.41) is 12.7. The summed E-state index contributed by atoms with van der Waals surface area (Å²) < 4.78 is 0. The molecule has 0 fully saturated rings. The summed E-state index contributed by atoms with van der Waals surface area (Å²) in [5.74, 6) is 0.542. The Balaban J connectivity index is 1.70. The van der Waals surface area contributed by atoms with E-state index >= 15 is 0 Å². The number of rotatable bonds is 8. The van der Waals surface area contributed by atoms with Crippen LogP contribution in [0.3, 0.4) is 0 Å². The third-order valence-electron chi connectivity index (χ3n) is 3.29. The Morgan fingerprint density at radius 1 is 1.10 bits per heavy atom. The van der Waals surface area contributed by atoms with Crippen molar-refractivity contribution < 1.29 is 10.0 Å². The van der Waals surface area contributed by atoms with E-state index in [0.29, 0.717) is 6.42 Å². The topological polar surface area (TPSA) is 87.1 Å². The second-order valence-corrected chi connectivity index (χ2v) is 4.87. The molecule has 6 nitrogen and oxygen atoms in total. The number of hydroxylamine groups is 1. The Bertz CT molecular complexity index is 583. The van der Waals surface area contributed by atoms with Crippen LogP contribution in [0, 0.1) is 0 Å². The first-order chi connectivity index (χ1) is 10.3. The molecule has 6 heteroatoms. The average Bonchev–Trinajstić information content (AvgIpc) is 2.53. The second kappa shape index (κ2) is 8.16. The normalized spacial score (nSPS) is 10.5. The highest BCUT2D eigenvalue weighted by atomic mass is 16.5. The van der Waals surface area contributed by atoms with E-state index in [1.807, 2.05) is 24.3 Å². The minimum absolute atomic E-state index is 0.319. The first-order valence-electron chi connectivity index (χ1n) is 7.18. The first-order valence-corrected chi connectivity index (χ1v) is 7.18. The van der Waals surface area contributed by atoms with E-state index in [-0.39, 0.29) is 5.91 Å². The monoisotopic (exact) mass is 288 g/mol. The van der Waals surface area contributed by atoms with Crippen molar-refractivity contribution in [2.75, 3.05) is 11.9 Å². The van der Waals surface area contributed by atoms with E-state index in [4.69, 9.17) is 5.21 Å². The second-order valence-electron chi connectivity index (χ2n) is 4.87. The van der Waals surface area contributed by atoms with Crippen molar-refractivity contribution >= 4 is 22.6 Å². The van der Waals surface area contributed by atoms with Gasteiger partial charge in [-0.1, -0.05) is 25.0 Å². The Morgan fingerprint density at radius 3 is 2.76 bits per heavy atom. The van der Waals surface area contributed by atoms with Crippen LogP contribution in [-0.2, 0) is 4.79 Å². The number of amides is 1. The molecule has 1 heterocycles. The highest BCUT2D eigenvalue weighted by Gasteiger charge is 2.02. The molecule has 0 spiro atoms. The molecule has 1 aromatic heterocycles. The molecule has 0 unspecified atom stereocenters. The summed E-state index contributed by atoms with van der Waals surface area (Å²) in [6, 6.07) is 7.91. The molecule has 0 aliphatic heterocycles. The highest BCUT2D eigenvalue weighted by Crippen LogP contribution is 2.18. The number of fused-ring (bicyclic) bond motifs is 1. The van der Waals surface area contributed by atoms with Gasteiger partial charge in [0, 0.05) is 18.4 Å². The van der Waals surface area contributed by atoms with Crippen LogP contribution in [0.15, 0.2) is 30.6 Å². The molecule has 0 saturated heterocycles. The number of benzene rings is 1. The van der Waals surface area contributed by atoms with Crippen LogP contribution in [0.2, 0.25) is 0 Å². The van der Waals surface area contributed by atoms with Gasteiger partial charge in [-0.2, -0.15) is 0 Å². The Hall–Kier alpha value is -2.21. The summed E-state index contributed by atoms with van der Waals surface area (Å²) in [6.45, 7) is 0.840. The highest BCUT2D eigenvalue weighted by molar-refractivity contribution is 5.88. The molecule has 1 aromatic carbocycles. The van der Waals surface area contributed by atoms with Gasteiger partial charge < -0.3 is 5.32 Å². The lowest BCUT2D eigenvalue weighted by molar-refractivity contribution is -0.129. The maximum absolute atomic E-state index is 10.8. The van der Waals surface area contributed by atoms with Gasteiger partial charge in [0.25, 0.3) is 0 Å². The molecule has 0 radical (unpaired) electrons. The maximum Gasteiger partial charge on any atom is 0.243 e. The number of carbonyl (C=O) groups is 1. The Morgan fingerprint density at radius 2 is 1.90 bits per heavy atom. The number of para-hydroxylation sites is 1. The zero-order valence-corrected chi connectivity index (χ0v) is 11.9. The summed E-state index contributed by atoms with van der Waals surface area (Å²) >= 11 is 0. The standard InChI is InChI=1S/C15H20N4O2/c20-14(19-21)9-3-1-2-6-10-16-15-12-7-4-5-8-13(12)17-11-18-15/h4-5,7-8,11,21H,1-3,6,9-10H2,(H,19,20)(H,16,17,18). The zero-order valence-electron chi connectivity index (χ0n) is 11.9. The number of aromatic nitrogens is 2. The average molecular weight is 288 g/mol. The smallest absolute Gasteiger partial charge is 0.243 e. The number of nitrogens with one attached hydrogen (secondary N) is 2. The van der Waals surface area contributed by atoms with Crippen LogP contribution in [0.1, 0.15) is 32.1 Å². The minimum atomic E-state index is -0.319. The maximum atomic E-state index is 10.8. The number of hydrogen-bond donors (Lipinski definition) is 3. The molecule has 0 atom stereocenters. The number of nitrogens with zero attached hydrogens (tertiary/aromatic N) is 2. The van der Waals surface area contributed by atoms with Crippen LogP contribution >= 0.6 is 0 Å². The van der Waals surface area contributed by atoms with Crippen molar-refractivity contribution in [1.29, 1.82) is 0 Å². The van der Waals surface area contributed by atoms with Gasteiger partial charge in [-0.3, -0.25) is 10.0 Å². The molecular formula is C15H20N4O2. The lowest BCUT2D eigenvalue weighted by atomic mass is 10.1. The minimum Gasteiger partial charge on any atom is -0.369 e. The van der Waals surface area contributed by atoms with Crippen molar-refractivity contribution in [3.05, 3.63) is 30.6 Å². The molecular weight excluding hydrogens is 268 g/mol. The number of anilines is 1. The largest absolute Gasteiger partial charge is 0.369 e. The molecule has 2 aromatic rings. The lowest BCUT2D eigenvalue weighted by Gasteiger charge is -2.07. The summed E-state index contributed by atoms with van der Waals surface area (Å²) in [5.41, 5.74) is 2.58. The third kappa shape index (κ3) is 4.68. The van der Waals surface area contributed by atoms with Crippen LogP contribution in [0.5, 0.6) is 0 Å². The van der Waals surface area contributed by atoms with Gasteiger partial charge in [-0.05, 0) is 25.0 Å². The number of unbranched alkanes of at least 4 members (excludes halogenated alkanes) is 3. The fourth-order valence-electron chi connectivity index (χ4n) is 2.17. The van der Waals surface area contributed by atoms with Crippen molar-refractivity contribution in [2.45, 2.75) is 32.1 Å². The van der Waals surface area contributed by atoms with E-state index < -0.39 is 0 Å². The summed E-state index contributed by atoms with van der Waals surface area (Å²) in [4.78, 5) is 19.3. The van der Waals surface area contributed by atoms with Crippen LogP contribution in [-0.4, -0.2) is 27.6 Å². The van der Waals surface area contributed by atoms with Crippen molar-refractivity contribution in [3.8, 4) is 0 Å². The predicted molar refractivity (Wildman–Crippen MR) is 81.0 cm³/mol. The lowest BCUT2D eigenvalue weighted by Crippen LogP contribution is -2.17. The predicted octanol–water partition coefficient (Wildman–Crippen LogP) is 2.50. The van der Waals surface area contributed by atoms with Gasteiger partial charge in [-0.15, -0.1) is 0 Å². The van der Waals surface area contributed by atoms with Crippen LogP contribution < -0.4 is 10.8 Å². The molecule has 112 valence electrons. The molecule has 0 aliphatic carbocycles. The van der Waals surface area contributed by atoms with E-state index in [1.54, 1.807) is 11.8 Å². The SMILES string of the molecule is O=C(CCCCCCNc1ncnc2ccccc12)NO. The molecule has 21 heavy (non-hydrogen) atoms. The summed E-state index contributed by atoms with van der Waals surface area (Å²) in [6.07, 6.45) is 5.76. The van der Waals surface area contributed by atoms with Gasteiger partial charge >= 0.3 is 0 Å². The third-order valence-corrected chi connectivity index (χ3v) is 3.29. The Kier molecular flexibility index (Phi) is 5.90. The van der Waals surface area contributed by atoms with E-state index in [1.165, 1.54) is 0 Å². The molecule has 0 bridgehead atoms. The molecule has 3 N–H and O–H groups in total. The van der Waals surface area contributed by atoms with Gasteiger partial charge in [0.2, 0.25) is 5.91 Å². The van der Waals surface area contributed by atoms with E-state index in [2.05, 4.69) is 15.3 Å². The first kappa shape index (κ1) is 15.2. The van der Waals surface area contributed by atoms with E-state index in [9.17, 15) is 4.79 Å². The summed E-state index contributed by atoms with van der Waals surface area (Å²) in [7, 11) is 0. The Labute approximate surface area is 123 Å². The quantitative estimate of drug-likeness (QED) is 0.394. The molecule has 0 aliphatic rings. The molecule has 1 amide bonds. The van der Waals surface area contributed by atoms with Crippen LogP contribution in [0.25, 0.3) is 10.9 Å². The van der Waals surface area contributed by atoms with Crippen molar-refractivity contribution in [2.24, 2.45) is 0 Å². The zero-order chi connectivity index (χ0) is 14.9. The van der Waals surface area contributed by atoms with Gasteiger partial charge in [0.05, 0.1) is 5.52 Å².